The molecule has 0 aromatic heterocycles. The minimum atomic E-state index is -0.958. The first-order chi connectivity index (χ1) is 8.04. The second-order valence-electron chi connectivity index (χ2n) is 4.08. The lowest BCUT2D eigenvalue weighted by Crippen LogP contribution is -2.53. The number of amides is 1. The van der Waals surface area contributed by atoms with Crippen molar-refractivity contribution in [2.45, 2.75) is 37.6 Å². The average molecular weight is 243 g/mol. The molecule has 1 N–H and O–H groups in total. The Morgan fingerprint density at radius 3 is 2.18 bits per heavy atom. The number of carbonyl (C=O) groups excluding carboxylic acids is 3. The zero-order chi connectivity index (χ0) is 12.9. The molecule has 1 amide bonds. The maximum absolute atomic E-state index is 11.7. The number of hydrogen-bond acceptors (Lipinski definition) is 5. The van der Waals surface area contributed by atoms with Crippen molar-refractivity contribution in [2.24, 2.45) is 0 Å². The fraction of sp³-hybridized carbons (Fsp3) is 0.727. The molecule has 0 spiro atoms. The predicted octanol–water partition coefficient (Wildman–Crippen LogP) is 0.151. The molecule has 1 aliphatic carbocycles. The molecular formula is C11H17NO5. The Kier molecular flexibility index (Phi) is 4.48. The number of carbonyl (C=O) groups is 3. The van der Waals surface area contributed by atoms with Gasteiger partial charge in [0.25, 0.3) is 0 Å². The summed E-state index contributed by atoms with van der Waals surface area (Å²) < 4.78 is 9.09. The van der Waals surface area contributed by atoms with Crippen LogP contribution in [0.5, 0.6) is 0 Å². The van der Waals surface area contributed by atoms with Gasteiger partial charge in [-0.2, -0.15) is 0 Å². The minimum Gasteiger partial charge on any atom is -0.469 e. The highest BCUT2D eigenvalue weighted by Gasteiger charge is 2.43. The van der Waals surface area contributed by atoms with Crippen molar-refractivity contribution in [1.29, 1.82) is 0 Å². The normalized spacial score (nSPS) is 17.3. The molecule has 0 atom stereocenters. The van der Waals surface area contributed by atoms with E-state index in [9.17, 15) is 14.4 Å². The topological polar surface area (TPSA) is 81.7 Å². The standard InChI is InChI=1S/C11H17NO5/c1-16-9(14)7-8(13)12-11(10(15)17-2)5-3-4-6-11/h3-7H2,1-2H3,(H,12,13). The van der Waals surface area contributed by atoms with Gasteiger partial charge in [0.2, 0.25) is 5.91 Å². The fourth-order valence-corrected chi connectivity index (χ4v) is 2.07. The van der Waals surface area contributed by atoms with Crippen molar-refractivity contribution in [1.82, 2.24) is 5.32 Å². The van der Waals surface area contributed by atoms with Crippen LogP contribution in [0.15, 0.2) is 0 Å². The maximum Gasteiger partial charge on any atom is 0.331 e. The zero-order valence-electron chi connectivity index (χ0n) is 10.1. The number of esters is 2. The SMILES string of the molecule is COC(=O)CC(=O)NC1(C(=O)OC)CCCC1. The first-order valence-electron chi connectivity index (χ1n) is 5.50. The van der Waals surface area contributed by atoms with Gasteiger partial charge < -0.3 is 14.8 Å². The summed E-state index contributed by atoms with van der Waals surface area (Å²) in [4.78, 5) is 34.2. The van der Waals surface area contributed by atoms with Crippen molar-refractivity contribution < 1.29 is 23.9 Å². The van der Waals surface area contributed by atoms with Gasteiger partial charge in [0.1, 0.15) is 12.0 Å². The first kappa shape index (κ1) is 13.5. The fourth-order valence-electron chi connectivity index (χ4n) is 2.07. The highest BCUT2D eigenvalue weighted by molar-refractivity contribution is 5.97. The predicted molar refractivity (Wildman–Crippen MR) is 58.0 cm³/mol. The molecule has 96 valence electrons. The molecular weight excluding hydrogens is 226 g/mol. The largest absolute Gasteiger partial charge is 0.469 e. The van der Waals surface area contributed by atoms with Crippen LogP contribution in [0.25, 0.3) is 0 Å². The molecule has 1 rings (SSSR count). The molecule has 0 radical (unpaired) electrons. The molecule has 0 aromatic carbocycles. The summed E-state index contributed by atoms with van der Waals surface area (Å²) in [7, 11) is 2.50. The number of nitrogens with one attached hydrogen (secondary N) is 1. The van der Waals surface area contributed by atoms with Gasteiger partial charge in [-0.25, -0.2) is 4.79 Å². The van der Waals surface area contributed by atoms with Gasteiger partial charge in [-0.15, -0.1) is 0 Å². The maximum atomic E-state index is 11.7. The molecule has 0 aromatic rings. The van der Waals surface area contributed by atoms with E-state index in [2.05, 4.69) is 10.1 Å². The van der Waals surface area contributed by atoms with Gasteiger partial charge in [-0.1, -0.05) is 12.8 Å². The Balaban J connectivity index is 2.64. The Labute approximate surface area is 99.6 Å². The number of ether oxygens (including phenoxy) is 2. The van der Waals surface area contributed by atoms with Gasteiger partial charge in [0, 0.05) is 0 Å². The average Bonchev–Trinajstić information content (AvgIpc) is 2.77. The Morgan fingerprint density at radius 1 is 1.12 bits per heavy atom. The van der Waals surface area contributed by atoms with Gasteiger partial charge in [-0.05, 0) is 12.8 Å². The Hall–Kier alpha value is -1.59. The van der Waals surface area contributed by atoms with Crippen molar-refractivity contribution in [2.75, 3.05) is 14.2 Å². The van der Waals surface area contributed by atoms with Crippen LogP contribution < -0.4 is 5.32 Å². The van der Waals surface area contributed by atoms with Crippen LogP contribution in [-0.2, 0) is 23.9 Å². The summed E-state index contributed by atoms with van der Waals surface area (Å²) >= 11 is 0. The second-order valence-corrected chi connectivity index (χ2v) is 4.08. The Morgan fingerprint density at radius 2 is 1.71 bits per heavy atom. The zero-order valence-corrected chi connectivity index (χ0v) is 10.1. The quantitative estimate of drug-likeness (QED) is 0.561. The van der Waals surface area contributed by atoms with E-state index in [0.29, 0.717) is 12.8 Å². The van der Waals surface area contributed by atoms with Crippen LogP contribution in [0, 0.1) is 0 Å². The van der Waals surface area contributed by atoms with Gasteiger partial charge in [-0.3, -0.25) is 9.59 Å². The molecule has 1 fully saturated rings. The van der Waals surface area contributed by atoms with E-state index in [0.717, 1.165) is 12.8 Å². The van der Waals surface area contributed by atoms with E-state index in [4.69, 9.17) is 4.74 Å². The van der Waals surface area contributed by atoms with Gasteiger partial charge in [0.15, 0.2) is 0 Å². The van der Waals surface area contributed by atoms with Crippen LogP contribution in [0.4, 0.5) is 0 Å². The lowest BCUT2D eigenvalue weighted by atomic mass is 9.97. The van der Waals surface area contributed by atoms with E-state index in [1.54, 1.807) is 0 Å². The molecule has 6 heteroatoms. The molecule has 0 heterocycles. The molecule has 1 saturated carbocycles. The van der Waals surface area contributed by atoms with Crippen molar-refractivity contribution in [3.63, 3.8) is 0 Å². The van der Waals surface area contributed by atoms with Crippen LogP contribution >= 0.6 is 0 Å². The van der Waals surface area contributed by atoms with Crippen molar-refractivity contribution in [3.8, 4) is 0 Å². The third-order valence-electron chi connectivity index (χ3n) is 2.94. The van der Waals surface area contributed by atoms with E-state index in [-0.39, 0.29) is 6.42 Å². The smallest absolute Gasteiger partial charge is 0.331 e. The molecule has 17 heavy (non-hydrogen) atoms. The summed E-state index contributed by atoms with van der Waals surface area (Å²) in [5.74, 6) is -1.59. The highest BCUT2D eigenvalue weighted by Crippen LogP contribution is 2.30. The van der Waals surface area contributed by atoms with Crippen LogP contribution in [0.1, 0.15) is 32.1 Å². The molecule has 0 bridgehead atoms. The second kappa shape index (κ2) is 5.65. The monoisotopic (exact) mass is 243 g/mol. The molecule has 6 nitrogen and oxygen atoms in total. The minimum absolute atomic E-state index is 0.380. The third kappa shape index (κ3) is 3.18. The van der Waals surface area contributed by atoms with Crippen molar-refractivity contribution in [3.05, 3.63) is 0 Å². The van der Waals surface area contributed by atoms with Gasteiger partial charge >= 0.3 is 11.9 Å². The summed E-state index contributed by atoms with van der Waals surface area (Å²) in [5, 5.41) is 2.59. The van der Waals surface area contributed by atoms with Crippen LogP contribution in [0.2, 0.25) is 0 Å². The molecule has 1 aliphatic rings. The van der Waals surface area contributed by atoms with E-state index in [1.165, 1.54) is 14.2 Å². The van der Waals surface area contributed by atoms with Crippen LogP contribution in [-0.4, -0.2) is 37.6 Å². The number of rotatable bonds is 4. The van der Waals surface area contributed by atoms with Crippen molar-refractivity contribution >= 4 is 17.8 Å². The molecule has 0 aliphatic heterocycles. The molecule has 0 saturated heterocycles. The van der Waals surface area contributed by atoms with E-state index < -0.39 is 23.4 Å². The van der Waals surface area contributed by atoms with Gasteiger partial charge in [0.05, 0.1) is 14.2 Å². The number of hydrogen-bond donors (Lipinski definition) is 1. The van der Waals surface area contributed by atoms with E-state index >= 15 is 0 Å². The first-order valence-corrected chi connectivity index (χ1v) is 5.50. The number of methoxy groups -OCH3 is 2. The summed E-state index contributed by atoms with van der Waals surface area (Å²) in [6.45, 7) is 0. The molecule has 0 unspecified atom stereocenters. The lowest BCUT2D eigenvalue weighted by molar-refractivity contribution is -0.152. The third-order valence-corrected chi connectivity index (χ3v) is 2.94. The summed E-state index contributed by atoms with van der Waals surface area (Å²) in [6.07, 6.45) is 2.43. The van der Waals surface area contributed by atoms with Crippen LogP contribution in [0.3, 0.4) is 0 Å². The lowest BCUT2D eigenvalue weighted by Gasteiger charge is -2.26. The summed E-state index contributed by atoms with van der Waals surface area (Å²) in [5.41, 5.74) is -0.958. The highest BCUT2D eigenvalue weighted by atomic mass is 16.5. The summed E-state index contributed by atoms with van der Waals surface area (Å²) in [6, 6.07) is 0. The Bertz CT molecular complexity index is 320. The van der Waals surface area contributed by atoms with E-state index in [1.807, 2.05) is 0 Å².